The van der Waals surface area contributed by atoms with Crippen molar-refractivity contribution in [3.8, 4) is 0 Å². The van der Waals surface area contributed by atoms with E-state index < -0.39 is 6.04 Å². The van der Waals surface area contributed by atoms with E-state index >= 15 is 0 Å². The van der Waals surface area contributed by atoms with E-state index in [1.165, 1.54) is 0 Å². The van der Waals surface area contributed by atoms with Gasteiger partial charge in [0.05, 0.1) is 12.2 Å². The summed E-state index contributed by atoms with van der Waals surface area (Å²) in [6.07, 6.45) is 3.94. The first kappa shape index (κ1) is 12.5. The lowest BCUT2D eigenvalue weighted by Gasteiger charge is -2.09. The SMILES string of the molecule is CCn1cc(CC(=O)[C@H](N)c2ccccc2)cn1. The molecule has 0 aliphatic heterocycles. The van der Waals surface area contributed by atoms with E-state index in [1.54, 1.807) is 10.9 Å². The van der Waals surface area contributed by atoms with Gasteiger partial charge in [-0.25, -0.2) is 0 Å². The highest BCUT2D eigenvalue weighted by Gasteiger charge is 2.16. The fourth-order valence-corrected chi connectivity index (χ4v) is 1.83. The Morgan fingerprint density at radius 3 is 2.72 bits per heavy atom. The number of aromatic nitrogens is 2. The van der Waals surface area contributed by atoms with Crippen molar-refractivity contribution in [1.29, 1.82) is 0 Å². The van der Waals surface area contributed by atoms with E-state index in [2.05, 4.69) is 5.10 Å². The minimum absolute atomic E-state index is 0.0110. The van der Waals surface area contributed by atoms with Gasteiger partial charge in [-0.3, -0.25) is 9.48 Å². The van der Waals surface area contributed by atoms with Gasteiger partial charge < -0.3 is 5.73 Å². The van der Waals surface area contributed by atoms with Crippen molar-refractivity contribution in [1.82, 2.24) is 9.78 Å². The molecule has 0 unspecified atom stereocenters. The van der Waals surface area contributed by atoms with Crippen molar-refractivity contribution in [3.63, 3.8) is 0 Å². The topological polar surface area (TPSA) is 60.9 Å². The van der Waals surface area contributed by atoms with Crippen LogP contribution < -0.4 is 5.73 Å². The zero-order valence-corrected chi connectivity index (χ0v) is 10.4. The second-order valence-corrected chi connectivity index (χ2v) is 4.24. The van der Waals surface area contributed by atoms with Crippen LogP contribution >= 0.6 is 0 Å². The first-order valence-electron chi connectivity index (χ1n) is 6.05. The minimum Gasteiger partial charge on any atom is -0.318 e. The molecule has 4 heteroatoms. The molecule has 94 valence electrons. The van der Waals surface area contributed by atoms with Gasteiger partial charge in [0.15, 0.2) is 5.78 Å². The fourth-order valence-electron chi connectivity index (χ4n) is 1.83. The molecule has 0 aliphatic carbocycles. The molecule has 2 rings (SSSR count). The van der Waals surface area contributed by atoms with Gasteiger partial charge >= 0.3 is 0 Å². The Morgan fingerprint density at radius 2 is 2.11 bits per heavy atom. The third-order valence-corrected chi connectivity index (χ3v) is 2.89. The van der Waals surface area contributed by atoms with Crippen molar-refractivity contribution in [2.24, 2.45) is 5.73 Å². The molecule has 0 amide bonds. The summed E-state index contributed by atoms with van der Waals surface area (Å²) in [5.74, 6) is 0.0110. The number of Topliss-reactive ketones (excluding diaryl/α,β-unsaturated/α-hetero) is 1. The summed E-state index contributed by atoms with van der Waals surface area (Å²) >= 11 is 0. The molecule has 2 aromatic rings. The largest absolute Gasteiger partial charge is 0.318 e. The highest BCUT2D eigenvalue weighted by molar-refractivity contribution is 5.86. The molecule has 0 fully saturated rings. The zero-order valence-electron chi connectivity index (χ0n) is 10.4. The molecule has 0 saturated heterocycles. The number of ketones is 1. The number of nitrogens with two attached hydrogens (primary N) is 1. The maximum atomic E-state index is 12.0. The molecule has 18 heavy (non-hydrogen) atoms. The first-order chi connectivity index (χ1) is 8.70. The Morgan fingerprint density at radius 1 is 1.39 bits per heavy atom. The second kappa shape index (κ2) is 5.60. The highest BCUT2D eigenvalue weighted by Crippen LogP contribution is 2.13. The molecule has 0 saturated carbocycles. The molecule has 1 aromatic heterocycles. The van der Waals surface area contributed by atoms with Crippen molar-refractivity contribution in [2.45, 2.75) is 25.9 Å². The van der Waals surface area contributed by atoms with E-state index in [4.69, 9.17) is 5.73 Å². The predicted molar refractivity (Wildman–Crippen MR) is 70.0 cm³/mol. The standard InChI is InChI=1S/C14H17N3O/c1-2-17-10-11(9-16-17)8-13(18)14(15)12-6-4-3-5-7-12/h3-7,9-10,14H,2,8,15H2,1H3/t14-/m1/s1. The lowest BCUT2D eigenvalue weighted by Crippen LogP contribution is -2.22. The van der Waals surface area contributed by atoms with Crippen LogP contribution in [0.15, 0.2) is 42.7 Å². The van der Waals surface area contributed by atoms with Crippen LogP contribution in [0, 0.1) is 0 Å². The number of carbonyl (C=O) groups is 1. The normalized spacial score (nSPS) is 12.3. The second-order valence-electron chi connectivity index (χ2n) is 4.24. The van der Waals surface area contributed by atoms with Gasteiger partial charge in [-0.05, 0) is 18.1 Å². The molecular weight excluding hydrogens is 226 g/mol. The summed E-state index contributed by atoms with van der Waals surface area (Å²) in [5.41, 5.74) is 7.71. The van der Waals surface area contributed by atoms with Crippen LogP contribution in [0.2, 0.25) is 0 Å². The number of benzene rings is 1. The highest BCUT2D eigenvalue weighted by atomic mass is 16.1. The van der Waals surface area contributed by atoms with Crippen molar-refractivity contribution < 1.29 is 4.79 Å². The zero-order chi connectivity index (χ0) is 13.0. The van der Waals surface area contributed by atoms with Crippen molar-refractivity contribution in [3.05, 3.63) is 53.9 Å². The fraction of sp³-hybridized carbons (Fsp3) is 0.286. The summed E-state index contributed by atoms with van der Waals surface area (Å²) in [6.45, 7) is 2.81. The molecular formula is C14H17N3O. The molecule has 1 heterocycles. The minimum atomic E-state index is -0.559. The van der Waals surface area contributed by atoms with Gasteiger partial charge in [0.1, 0.15) is 0 Å². The number of rotatable bonds is 5. The van der Waals surface area contributed by atoms with Crippen molar-refractivity contribution >= 4 is 5.78 Å². The van der Waals surface area contributed by atoms with E-state index in [0.717, 1.165) is 17.7 Å². The van der Waals surface area contributed by atoms with E-state index in [-0.39, 0.29) is 5.78 Å². The van der Waals surface area contributed by atoms with Gasteiger partial charge in [-0.15, -0.1) is 0 Å². The summed E-state index contributed by atoms with van der Waals surface area (Å²) in [5, 5.41) is 4.14. The van der Waals surface area contributed by atoms with Crippen LogP contribution in [0.5, 0.6) is 0 Å². The van der Waals surface area contributed by atoms with Gasteiger partial charge in [0.25, 0.3) is 0 Å². The molecule has 1 atom stereocenters. The summed E-state index contributed by atoms with van der Waals surface area (Å²) < 4.78 is 1.80. The Bertz CT molecular complexity index is 519. The van der Waals surface area contributed by atoms with E-state index in [9.17, 15) is 4.79 Å². The molecule has 4 nitrogen and oxygen atoms in total. The molecule has 2 N–H and O–H groups in total. The summed E-state index contributed by atoms with van der Waals surface area (Å²) in [7, 11) is 0. The Kier molecular flexibility index (Phi) is 3.89. The summed E-state index contributed by atoms with van der Waals surface area (Å²) in [6, 6.07) is 8.87. The number of hydrogen-bond donors (Lipinski definition) is 1. The monoisotopic (exact) mass is 243 g/mol. The smallest absolute Gasteiger partial charge is 0.158 e. The van der Waals surface area contributed by atoms with Crippen LogP contribution in [0.3, 0.4) is 0 Å². The lowest BCUT2D eigenvalue weighted by molar-refractivity contribution is -0.119. The molecule has 0 spiro atoms. The number of nitrogens with zero attached hydrogens (tertiary/aromatic N) is 2. The first-order valence-corrected chi connectivity index (χ1v) is 6.05. The van der Waals surface area contributed by atoms with Crippen LogP contribution in [0.1, 0.15) is 24.1 Å². The van der Waals surface area contributed by atoms with Crippen LogP contribution in [-0.2, 0) is 17.8 Å². The summed E-state index contributed by atoms with van der Waals surface area (Å²) in [4.78, 5) is 12.0. The lowest BCUT2D eigenvalue weighted by atomic mass is 10.00. The van der Waals surface area contributed by atoms with Gasteiger partial charge in [0, 0.05) is 19.2 Å². The van der Waals surface area contributed by atoms with E-state index in [0.29, 0.717) is 6.42 Å². The van der Waals surface area contributed by atoms with Gasteiger partial charge in [-0.2, -0.15) is 5.10 Å². The molecule has 0 aliphatic rings. The average molecular weight is 243 g/mol. The number of aryl methyl sites for hydroxylation is 1. The third-order valence-electron chi connectivity index (χ3n) is 2.89. The van der Waals surface area contributed by atoms with Gasteiger partial charge in [0.2, 0.25) is 0 Å². The molecule has 0 bridgehead atoms. The quantitative estimate of drug-likeness (QED) is 0.869. The van der Waals surface area contributed by atoms with Crippen LogP contribution in [0.25, 0.3) is 0 Å². The Balaban J connectivity index is 2.04. The Labute approximate surface area is 106 Å². The van der Waals surface area contributed by atoms with Crippen molar-refractivity contribution in [2.75, 3.05) is 0 Å². The molecule has 1 aromatic carbocycles. The number of hydrogen-bond acceptors (Lipinski definition) is 3. The molecule has 0 radical (unpaired) electrons. The third kappa shape index (κ3) is 2.84. The maximum absolute atomic E-state index is 12.0. The number of carbonyl (C=O) groups excluding carboxylic acids is 1. The van der Waals surface area contributed by atoms with Crippen LogP contribution in [0.4, 0.5) is 0 Å². The van der Waals surface area contributed by atoms with Gasteiger partial charge in [-0.1, -0.05) is 30.3 Å². The predicted octanol–water partition coefficient (Wildman–Crippen LogP) is 1.71. The van der Waals surface area contributed by atoms with E-state index in [1.807, 2.05) is 43.5 Å². The Hall–Kier alpha value is -1.94. The maximum Gasteiger partial charge on any atom is 0.158 e. The van der Waals surface area contributed by atoms with Crippen LogP contribution in [-0.4, -0.2) is 15.6 Å². The average Bonchev–Trinajstić information content (AvgIpc) is 2.86.